The predicted molar refractivity (Wildman–Crippen MR) is 97.9 cm³/mol. The van der Waals surface area contributed by atoms with E-state index in [1.165, 1.54) is 29.7 Å². The molecule has 1 aliphatic heterocycles. The van der Waals surface area contributed by atoms with Crippen LogP contribution in [0.3, 0.4) is 0 Å². The molecule has 0 aliphatic carbocycles. The molecule has 4 rings (SSSR count). The van der Waals surface area contributed by atoms with E-state index < -0.39 is 6.29 Å². The van der Waals surface area contributed by atoms with Gasteiger partial charge in [-0.25, -0.2) is 4.98 Å². The molecule has 138 valence electrons. The molecule has 0 bridgehead atoms. The average Bonchev–Trinajstić information content (AvgIpc) is 3.16. The molecule has 0 atom stereocenters. The van der Waals surface area contributed by atoms with Gasteiger partial charge in [-0.3, -0.25) is 4.79 Å². The quantitative estimate of drug-likeness (QED) is 0.635. The van der Waals surface area contributed by atoms with E-state index in [0.29, 0.717) is 21.8 Å². The van der Waals surface area contributed by atoms with Gasteiger partial charge in [-0.1, -0.05) is 11.6 Å². The first-order valence-corrected chi connectivity index (χ1v) is 8.99. The van der Waals surface area contributed by atoms with Crippen molar-refractivity contribution in [3.8, 4) is 22.6 Å². The van der Waals surface area contributed by atoms with Crippen LogP contribution < -0.4 is 14.8 Å². The zero-order valence-corrected chi connectivity index (χ0v) is 15.3. The van der Waals surface area contributed by atoms with Crippen molar-refractivity contribution in [3.05, 3.63) is 57.4 Å². The maximum atomic E-state index is 13.2. The van der Waals surface area contributed by atoms with Crippen LogP contribution in [0, 0.1) is 6.92 Å². The highest BCUT2D eigenvalue weighted by atomic mass is 35.5. The molecule has 27 heavy (non-hydrogen) atoms. The lowest BCUT2D eigenvalue weighted by molar-refractivity contribution is -0.286. The van der Waals surface area contributed by atoms with Crippen molar-refractivity contribution < 1.29 is 23.0 Å². The fourth-order valence-corrected chi connectivity index (χ4v) is 3.68. The number of anilines is 1. The van der Waals surface area contributed by atoms with E-state index in [2.05, 4.69) is 19.8 Å². The zero-order valence-electron chi connectivity index (χ0n) is 13.8. The number of ether oxygens (including phenoxy) is 2. The Morgan fingerprint density at radius 3 is 2.59 bits per heavy atom. The van der Waals surface area contributed by atoms with Crippen molar-refractivity contribution in [2.45, 2.75) is 13.2 Å². The SMILES string of the molecule is Cc1ccsc1C(=O)Nc1ccc(-c2cc3c(cc2Cl)OC(F)(F)O3)cn1. The van der Waals surface area contributed by atoms with Crippen molar-refractivity contribution in [3.63, 3.8) is 0 Å². The Morgan fingerprint density at radius 2 is 1.96 bits per heavy atom. The third kappa shape index (κ3) is 3.45. The van der Waals surface area contributed by atoms with Crippen LogP contribution in [-0.4, -0.2) is 17.2 Å². The summed E-state index contributed by atoms with van der Waals surface area (Å²) in [4.78, 5) is 17.0. The maximum absolute atomic E-state index is 13.2. The lowest BCUT2D eigenvalue weighted by atomic mass is 10.1. The highest BCUT2D eigenvalue weighted by Crippen LogP contribution is 2.46. The van der Waals surface area contributed by atoms with Crippen molar-refractivity contribution in [1.29, 1.82) is 0 Å². The average molecular weight is 409 g/mol. The van der Waals surface area contributed by atoms with Gasteiger partial charge in [-0.05, 0) is 42.1 Å². The minimum absolute atomic E-state index is 0.107. The van der Waals surface area contributed by atoms with Crippen molar-refractivity contribution in [2.24, 2.45) is 0 Å². The number of amides is 1. The number of thiophene rings is 1. The number of halogens is 3. The number of hydrogen-bond donors (Lipinski definition) is 1. The van der Waals surface area contributed by atoms with Gasteiger partial charge < -0.3 is 14.8 Å². The number of aromatic nitrogens is 1. The predicted octanol–water partition coefficient (Wildman–Crippen LogP) is 5.35. The molecule has 1 amide bonds. The van der Waals surface area contributed by atoms with E-state index in [1.54, 1.807) is 12.1 Å². The highest BCUT2D eigenvalue weighted by Gasteiger charge is 2.43. The van der Waals surface area contributed by atoms with Gasteiger partial charge in [-0.15, -0.1) is 20.1 Å². The summed E-state index contributed by atoms with van der Waals surface area (Å²) in [5, 5.41) is 4.76. The van der Waals surface area contributed by atoms with Gasteiger partial charge in [0.05, 0.1) is 9.90 Å². The minimum atomic E-state index is -3.71. The smallest absolute Gasteiger partial charge is 0.395 e. The third-order valence-corrected chi connectivity index (χ3v) is 5.20. The molecule has 5 nitrogen and oxygen atoms in total. The first kappa shape index (κ1) is 17.7. The topological polar surface area (TPSA) is 60.5 Å². The molecule has 1 aromatic carbocycles. The van der Waals surface area contributed by atoms with E-state index in [1.807, 2.05) is 18.4 Å². The second kappa shape index (κ2) is 6.47. The Kier molecular flexibility index (Phi) is 4.24. The summed E-state index contributed by atoms with van der Waals surface area (Å²) >= 11 is 7.51. The van der Waals surface area contributed by atoms with Crippen LogP contribution in [-0.2, 0) is 0 Å². The molecule has 3 heterocycles. The van der Waals surface area contributed by atoms with Crippen LogP contribution in [0.2, 0.25) is 5.02 Å². The monoisotopic (exact) mass is 408 g/mol. The number of alkyl halides is 2. The number of nitrogens with one attached hydrogen (secondary N) is 1. The van der Waals surface area contributed by atoms with E-state index in [9.17, 15) is 13.6 Å². The molecule has 2 aromatic heterocycles. The Bertz CT molecular complexity index is 1040. The zero-order chi connectivity index (χ0) is 19.2. The Hall–Kier alpha value is -2.71. The Balaban J connectivity index is 1.57. The molecular formula is C18H11ClF2N2O3S. The molecule has 0 unspecified atom stereocenters. The maximum Gasteiger partial charge on any atom is 0.586 e. The van der Waals surface area contributed by atoms with E-state index in [4.69, 9.17) is 11.6 Å². The summed E-state index contributed by atoms with van der Waals surface area (Å²) in [6, 6.07) is 7.77. The lowest BCUT2D eigenvalue weighted by Crippen LogP contribution is -2.25. The molecule has 0 fully saturated rings. The van der Waals surface area contributed by atoms with Crippen molar-refractivity contribution >= 4 is 34.7 Å². The first-order valence-electron chi connectivity index (χ1n) is 7.74. The number of rotatable bonds is 3. The van der Waals surface area contributed by atoms with E-state index >= 15 is 0 Å². The number of fused-ring (bicyclic) bond motifs is 1. The molecule has 0 saturated carbocycles. The normalized spacial score (nSPS) is 14.2. The number of hydrogen-bond acceptors (Lipinski definition) is 5. The van der Waals surface area contributed by atoms with Gasteiger partial charge in [0.1, 0.15) is 5.82 Å². The highest BCUT2D eigenvalue weighted by molar-refractivity contribution is 7.12. The summed E-state index contributed by atoms with van der Waals surface area (Å²) in [6.07, 6.45) is -2.23. The molecule has 0 saturated heterocycles. The summed E-state index contributed by atoms with van der Waals surface area (Å²) in [7, 11) is 0. The number of benzene rings is 1. The van der Waals surface area contributed by atoms with Crippen LogP contribution in [0.15, 0.2) is 41.9 Å². The molecule has 1 aliphatic rings. The summed E-state index contributed by atoms with van der Waals surface area (Å²) in [6.45, 7) is 1.85. The molecule has 3 aromatic rings. The van der Waals surface area contributed by atoms with Crippen LogP contribution in [0.1, 0.15) is 15.2 Å². The molecule has 0 spiro atoms. The van der Waals surface area contributed by atoms with Gasteiger partial charge in [0.2, 0.25) is 0 Å². The third-order valence-electron chi connectivity index (χ3n) is 3.88. The van der Waals surface area contributed by atoms with Gasteiger partial charge in [0.25, 0.3) is 5.91 Å². The second-order valence-electron chi connectivity index (χ2n) is 5.77. The van der Waals surface area contributed by atoms with Gasteiger partial charge in [0.15, 0.2) is 11.5 Å². The van der Waals surface area contributed by atoms with Crippen LogP contribution in [0.4, 0.5) is 14.6 Å². The van der Waals surface area contributed by atoms with Crippen LogP contribution >= 0.6 is 22.9 Å². The Morgan fingerprint density at radius 1 is 1.22 bits per heavy atom. The molecule has 0 radical (unpaired) electrons. The van der Waals surface area contributed by atoms with Gasteiger partial charge >= 0.3 is 6.29 Å². The molecular weight excluding hydrogens is 398 g/mol. The van der Waals surface area contributed by atoms with E-state index in [-0.39, 0.29) is 22.4 Å². The Labute approximate surface area is 161 Å². The summed E-state index contributed by atoms with van der Waals surface area (Å²) in [5.74, 6) is -0.118. The van der Waals surface area contributed by atoms with Gasteiger partial charge in [0, 0.05) is 23.4 Å². The van der Waals surface area contributed by atoms with Crippen molar-refractivity contribution in [1.82, 2.24) is 4.98 Å². The summed E-state index contributed by atoms with van der Waals surface area (Å²) in [5.41, 5.74) is 1.92. The van der Waals surface area contributed by atoms with Gasteiger partial charge in [-0.2, -0.15) is 0 Å². The van der Waals surface area contributed by atoms with Crippen LogP contribution in [0.5, 0.6) is 11.5 Å². The summed E-state index contributed by atoms with van der Waals surface area (Å²) < 4.78 is 35.2. The largest absolute Gasteiger partial charge is 0.586 e. The second-order valence-corrected chi connectivity index (χ2v) is 7.09. The van der Waals surface area contributed by atoms with Crippen molar-refractivity contribution in [2.75, 3.05) is 5.32 Å². The number of aryl methyl sites for hydroxylation is 1. The first-order chi connectivity index (χ1) is 12.8. The number of nitrogens with zero attached hydrogens (tertiary/aromatic N) is 1. The molecule has 1 N–H and O–H groups in total. The molecule has 9 heteroatoms. The number of carbonyl (C=O) groups is 1. The minimum Gasteiger partial charge on any atom is -0.395 e. The van der Waals surface area contributed by atoms with E-state index in [0.717, 1.165) is 5.56 Å². The van der Waals surface area contributed by atoms with Crippen LogP contribution in [0.25, 0.3) is 11.1 Å². The fraction of sp³-hybridized carbons (Fsp3) is 0.111. The standard InChI is InChI=1S/C18H11ClF2N2O3S/c1-9-4-5-27-16(9)17(24)23-15-3-2-10(8-22-15)11-6-13-14(7-12(11)19)26-18(20,21)25-13/h2-8H,1H3,(H,22,23,24). The lowest BCUT2D eigenvalue weighted by Gasteiger charge is -2.08. The fourth-order valence-electron chi connectivity index (χ4n) is 2.60. The number of carbonyl (C=O) groups excluding carboxylic acids is 1. The number of pyridine rings is 1.